The monoisotopic (exact) mass is 509 g/mol. The number of amides is 1. The molecule has 3 aliphatic heterocycles. The van der Waals surface area contributed by atoms with Crippen LogP contribution >= 0.6 is 11.6 Å². The predicted molar refractivity (Wildman–Crippen MR) is 139 cm³/mol. The largest absolute Gasteiger partial charge is 0.453 e. The first kappa shape index (κ1) is 23.3. The van der Waals surface area contributed by atoms with Crippen LogP contribution in [0.4, 0.5) is 5.69 Å². The van der Waals surface area contributed by atoms with E-state index in [1.165, 1.54) is 0 Å². The maximum atomic E-state index is 13.7. The maximum Gasteiger partial charge on any atom is 0.256 e. The van der Waals surface area contributed by atoms with Gasteiger partial charge in [-0.3, -0.25) is 14.5 Å². The smallest absolute Gasteiger partial charge is 0.256 e. The van der Waals surface area contributed by atoms with E-state index in [2.05, 4.69) is 20.4 Å². The number of carbonyl (C=O) groups is 1. The number of hydrogen-bond acceptors (Lipinski definition) is 7. The Labute approximate surface area is 213 Å². The molecule has 1 amide bonds. The number of carbonyl (C=O) groups excluding carboxylic acids is 1. The molecule has 2 saturated heterocycles. The molecule has 9 nitrogen and oxygen atoms in total. The second kappa shape index (κ2) is 9.74. The van der Waals surface area contributed by atoms with Gasteiger partial charge in [-0.05, 0) is 24.3 Å². The van der Waals surface area contributed by atoms with Crippen molar-refractivity contribution < 1.29 is 14.3 Å². The molecule has 0 bridgehead atoms. The number of halogens is 1. The van der Waals surface area contributed by atoms with E-state index in [9.17, 15) is 9.59 Å². The van der Waals surface area contributed by atoms with Gasteiger partial charge in [-0.2, -0.15) is 0 Å². The van der Waals surface area contributed by atoms with E-state index in [0.29, 0.717) is 59.4 Å². The Bertz CT molecular complexity index is 1380. The number of ether oxygens (including phenoxy) is 2. The lowest BCUT2D eigenvalue weighted by Crippen LogP contribution is -2.43. The van der Waals surface area contributed by atoms with Crippen molar-refractivity contribution in [2.45, 2.75) is 0 Å². The molecule has 36 heavy (non-hydrogen) atoms. The van der Waals surface area contributed by atoms with Crippen LogP contribution < -0.4 is 25.7 Å². The molecule has 2 fully saturated rings. The van der Waals surface area contributed by atoms with Gasteiger partial charge in [0, 0.05) is 75.3 Å². The van der Waals surface area contributed by atoms with Gasteiger partial charge in [0.1, 0.15) is 11.1 Å². The summed E-state index contributed by atoms with van der Waals surface area (Å²) < 4.78 is 13.5. The van der Waals surface area contributed by atoms with Crippen LogP contribution in [0.5, 0.6) is 11.5 Å². The Morgan fingerprint density at radius 1 is 1.06 bits per heavy atom. The van der Waals surface area contributed by atoms with Gasteiger partial charge >= 0.3 is 0 Å². The summed E-state index contributed by atoms with van der Waals surface area (Å²) in [6.45, 7) is 7.63. The number of hydrogen-bond donors (Lipinski definition) is 2. The second-order valence-electron chi connectivity index (χ2n) is 9.24. The normalized spacial score (nSPS) is 17.5. The standard InChI is InChI=1S/C26H28ClN5O4/c27-17-1-2-22-21(13-17)32-16-20(26(34)29-5-6-30-9-11-35-12-10-30)25(33)19-14-18(15-23(36-22)24(19)32)31-7-3-28-4-8-31/h1-2,13-16,28H,3-12H2,(H,29,34). The molecule has 0 aliphatic carbocycles. The molecule has 188 valence electrons. The van der Waals surface area contributed by atoms with Gasteiger partial charge in [0.05, 0.1) is 24.3 Å². The van der Waals surface area contributed by atoms with E-state index >= 15 is 0 Å². The van der Waals surface area contributed by atoms with E-state index < -0.39 is 0 Å². The number of aromatic nitrogens is 1. The highest BCUT2D eigenvalue weighted by Gasteiger charge is 2.26. The molecule has 0 radical (unpaired) electrons. The summed E-state index contributed by atoms with van der Waals surface area (Å²) in [7, 11) is 0. The number of benzene rings is 2. The predicted octanol–water partition coefficient (Wildman–Crippen LogP) is 2.22. The van der Waals surface area contributed by atoms with Crippen molar-refractivity contribution in [2.24, 2.45) is 0 Å². The van der Waals surface area contributed by atoms with Crippen molar-refractivity contribution in [1.82, 2.24) is 20.1 Å². The molecule has 0 spiro atoms. The van der Waals surface area contributed by atoms with Crippen LogP contribution in [0.25, 0.3) is 16.6 Å². The van der Waals surface area contributed by atoms with Crippen molar-refractivity contribution in [2.75, 3.05) is 70.5 Å². The summed E-state index contributed by atoms with van der Waals surface area (Å²) in [4.78, 5) is 31.4. The van der Waals surface area contributed by atoms with E-state index in [1.54, 1.807) is 18.3 Å². The van der Waals surface area contributed by atoms with Crippen LogP contribution in [0.2, 0.25) is 5.02 Å². The third-order valence-corrected chi connectivity index (χ3v) is 7.23. The first-order valence-electron chi connectivity index (χ1n) is 12.3. The molecule has 2 N–H and O–H groups in total. The topological polar surface area (TPSA) is 88.1 Å². The Kier molecular flexibility index (Phi) is 6.30. The Morgan fingerprint density at radius 3 is 2.67 bits per heavy atom. The number of anilines is 1. The van der Waals surface area contributed by atoms with Crippen molar-refractivity contribution >= 4 is 34.1 Å². The summed E-state index contributed by atoms with van der Waals surface area (Å²) in [6, 6.07) is 9.22. The first-order chi connectivity index (χ1) is 17.6. The molecule has 10 heteroatoms. The van der Waals surface area contributed by atoms with Crippen LogP contribution in [0.15, 0.2) is 41.3 Å². The molecular formula is C26H28ClN5O4. The number of nitrogens with one attached hydrogen (secondary N) is 2. The molecule has 0 saturated carbocycles. The molecule has 4 heterocycles. The van der Waals surface area contributed by atoms with Gasteiger partial charge in [-0.15, -0.1) is 0 Å². The summed E-state index contributed by atoms with van der Waals surface area (Å²) in [5.74, 6) is 0.823. The molecule has 0 atom stereocenters. The summed E-state index contributed by atoms with van der Waals surface area (Å²) in [6.07, 6.45) is 1.61. The van der Waals surface area contributed by atoms with Crippen LogP contribution in [-0.2, 0) is 4.74 Å². The Hall–Kier alpha value is -3.11. The molecular weight excluding hydrogens is 482 g/mol. The zero-order valence-electron chi connectivity index (χ0n) is 19.9. The zero-order chi connectivity index (χ0) is 24.6. The fourth-order valence-electron chi connectivity index (χ4n) is 5.08. The van der Waals surface area contributed by atoms with E-state index in [0.717, 1.165) is 45.0 Å². The molecule has 3 aromatic rings. The lowest BCUT2D eigenvalue weighted by Gasteiger charge is -2.31. The van der Waals surface area contributed by atoms with Crippen LogP contribution in [-0.4, -0.2) is 80.9 Å². The van der Waals surface area contributed by atoms with Crippen molar-refractivity contribution in [1.29, 1.82) is 0 Å². The van der Waals surface area contributed by atoms with Crippen LogP contribution in [0.3, 0.4) is 0 Å². The van der Waals surface area contributed by atoms with E-state index in [4.69, 9.17) is 21.1 Å². The molecule has 0 unspecified atom stereocenters. The van der Waals surface area contributed by atoms with E-state index in [1.807, 2.05) is 22.8 Å². The van der Waals surface area contributed by atoms with Crippen molar-refractivity contribution in [3.8, 4) is 17.2 Å². The van der Waals surface area contributed by atoms with Gasteiger partial charge in [0.2, 0.25) is 5.43 Å². The molecule has 6 rings (SSSR count). The average molecular weight is 510 g/mol. The molecule has 1 aromatic heterocycles. The highest BCUT2D eigenvalue weighted by molar-refractivity contribution is 6.30. The quantitative estimate of drug-likeness (QED) is 0.426. The fraction of sp³-hybridized carbons (Fsp3) is 0.385. The lowest BCUT2D eigenvalue weighted by atomic mass is 10.1. The van der Waals surface area contributed by atoms with Crippen molar-refractivity contribution in [3.63, 3.8) is 0 Å². The summed E-state index contributed by atoms with van der Waals surface area (Å²) >= 11 is 6.31. The number of fused-ring (bicyclic) bond motifs is 2. The van der Waals surface area contributed by atoms with Gasteiger partial charge in [0.15, 0.2) is 11.5 Å². The Balaban J connectivity index is 1.41. The second-order valence-corrected chi connectivity index (χ2v) is 9.68. The highest BCUT2D eigenvalue weighted by atomic mass is 35.5. The van der Waals surface area contributed by atoms with E-state index in [-0.39, 0.29) is 16.9 Å². The maximum absolute atomic E-state index is 13.7. The highest BCUT2D eigenvalue weighted by Crippen LogP contribution is 2.42. The van der Waals surface area contributed by atoms with Crippen LogP contribution in [0, 0.1) is 0 Å². The van der Waals surface area contributed by atoms with Crippen LogP contribution in [0.1, 0.15) is 10.4 Å². The van der Waals surface area contributed by atoms with Gasteiger partial charge in [0.25, 0.3) is 5.91 Å². The number of piperazine rings is 1. The fourth-order valence-corrected chi connectivity index (χ4v) is 5.24. The third-order valence-electron chi connectivity index (χ3n) is 6.99. The molecule has 3 aliphatic rings. The SMILES string of the molecule is O=C(NCCN1CCOCC1)c1cn2c3c(cc(N4CCNCC4)cc3c1=O)Oc1ccc(Cl)cc1-2. The van der Waals surface area contributed by atoms with Gasteiger partial charge in [-0.1, -0.05) is 11.6 Å². The van der Waals surface area contributed by atoms with Crippen molar-refractivity contribution in [3.05, 3.63) is 57.3 Å². The van der Waals surface area contributed by atoms with Gasteiger partial charge in [-0.25, -0.2) is 0 Å². The zero-order valence-corrected chi connectivity index (χ0v) is 20.6. The first-order valence-corrected chi connectivity index (χ1v) is 12.7. The Morgan fingerprint density at radius 2 is 1.86 bits per heavy atom. The summed E-state index contributed by atoms with van der Waals surface area (Å²) in [5.41, 5.74) is 2.03. The summed E-state index contributed by atoms with van der Waals surface area (Å²) in [5, 5.41) is 7.29. The molecule has 2 aromatic carbocycles. The average Bonchev–Trinajstić information content (AvgIpc) is 2.91. The minimum absolute atomic E-state index is 0.0979. The minimum Gasteiger partial charge on any atom is -0.453 e. The number of pyridine rings is 1. The number of rotatable bonds is 5. The van der Waals surface area contributed by atoms with Gasteiger partial charge < -0.3 is 29.6 Å². The minimum atomic E-state index is -0.386. The third kappa shape index (κ3) is 4.32. The lowest BCUT2D eigenvalue weighted by molar-refractivity contribution is 0.0383. The number of morpholine rings is 1. The number of nitrogens with zero attached hydrogens (tertiary/aromatic N) is 3.